The number of hydrogen-bond acceptors (Lipinski definition) is 2. The predicted molar refractivity (Wildman–Crippen MR) is 55.2 cm³/mol. The Balaban J connectivity index is 2.22. The molecule has 2 rings (SSSR count). The van der Waals surface area contributed by atoms with E-state index in [-0.39, 0.29) is 0 Å². The van der Waals surface area contributed by atoms with Gasteiger partial charge in [-0.3, -0.25) is 0 Å². The molecule has 0 saturated heterocycles. The third-order valence-electron chi connectivity index (χ3n) is 2.52. The number of rotatable bonds is 0. The Hall–Kier alpha value is -1.18. The summed E-state index contributed by atoms with van der Waals surface area (Å²) in [6.45, 7) is 4.27. The van der Waals surface area contributed by atoms with E-state index in [1.54, 1.807) is 0 Å². The van der Waals surface area contributed by atoms with Gasteiger partial charge in [-0.05, 0) is 25.8 Å². The molecule has 1 aliphatic heterocycles. The lowest BCUT2D eigenvalue weighted by Gasteiger charge is -2.23. The Morgan fingerprint density at radius 3 is 2.92 bits per heavy atom. The van der Waals surface area contributed by atoms with Crippen LogP contribution in [0.15, 0.2) is 35.2 Å². The van der Waals surface area contributed by atoms with Gasteiger partial charge in [-0.1, -0.05) is 17.7 Å². The molecule has 1 heterocycles. The smallest absolute Gasteiger partial charge is 0.0533 e. The second-order valence-electron chi connectivity index (χ2n) is 3.62. The normalized spacial score (nSPS) is 28.5. The molecule has 0 radical (unpaired) electrons. The van der Waals surface area contributed by atoms with Crippen molar-refractivity contribution >= 4 is 0 Å². The average Bonchev–Trinajstić information content (AvgIpc) is 2.13. The first-order chi connectivity index (χ1) is 6.36. The molecule has 0 amide bonds. The molecule has 2 aliphatic rings. The standard InChI is InChI=1S/C11H16N2/c1-9-3-2-4-10-11(6-5-9)13-8-7-12-10/h2-4,12-13H,5-8H2,1H3/b4-2-,9-3+. The van der Waals surface area contributed by atoms with E-state index in [1.165, 1.54) is 17.0 Å². The van der Waals surface area contributed by atoms with Crippen LogP contribution in [0.25, 0.3) is 0 Å². The van der Waals surface area contributed by atoms with Crippen molar-refractivity contribution in [1.29, 1.82) is 0 Å². The topological polar surface area (TPSA) is 24.1 Å². The average molecular weight is 176 g/mol. The summed E-state index contributed by atoms with van der Waals surface area (Å²) in [4.78, 5) is 0. The lowest BCUT2D eigenvalue weighted by molar-refractivity contribution is 0.630. The molecule has 0 fully saturated rings. The van der Waals surface area contributed by atoms with Crippen LogP contribution in [0.2, 0.25) is 0 Å². The predicted octanol–water partition coefficient (Wildman–Crippen LogP) is 1.69. The van der Waals surface area contributed by atoms with Gasteiger partial charge in [0.15, 0.2) is 0 Å². The van der Waals surface area contributed by atoms with Crippen LogP contribution in [0.4, 0.5) is 0 Å². The van der Waals surface area contributed by atoms with Crippen LogP contribution in [-0.2, 0) is 0 Å². The van der Waals surface area contributed by atoms with Crippen LogP contribution < -0.4 is 10.6 Å². The fourth-order valence-electron chi connectivity index (χ4n) is 1.71. The molecule has 2 nitrogen and oxygen atoms in total. The largest absolute Gasteiger partial charge is 0.385 e. The highest BCUT2D eigenvalue weighted by Crippen LogP contribution is 2.16. The molecule has 1 aliphatic carbocycles. The van der Waals surface area contributed by atoms with Crippen molar-refractivity contribution in [3.05, 3.63) is 35.2 Å². The summed E-state index contributed by atoms with van der Waals surface area (Å²) in [5, 5.41) is 6.85. The molecular formula is C11H16N2. The Labute approximate surface area is 79.4 Å². The molecule has 2 N–H and O–H groups in total. The summed E-state index contributed by atoms with van der Waals surface area (Å²) < 4.78 is 0. The molecule has 0 atom stereocenters. The van der Waals surface area contributed by atoms with Crippen molar-refractivity contribution < 1.29 is 0 Å². The molecule has 0 spiro atoms. The van der Waals surface area contributed by atoms with Crippen molar-refractivity contribution in [2.45, 2.75) is 19.8 Å². The number of allylic oxidation sites excluding steroid dienone is 5. The van der Waals surface area contributed by atoms with E-state index in [1.807, 2.05) is 0 Å². The van der Waals surface area contributed by atoms with Gasteiger partial charge in [0.25, 0.3) is 0 Å². The zero-order chi connectivity index (χ0) is 9.10. The summed E-state index contributed by atoms with van der Waals surface area (Å²) in [5.41, 5.74) is 4.10. The zero-order valence-electron chi connectivity index (χ0n) is 8.06. The highest BCUT2D eigenvalue weighted by atomic mass is 15.0. The zero-order valence-corrected chi connectivity index (χ0v) is 8.06. The van der Waals surface area contributed by atoms with Crippen molar-refractivity contribution in [2.75, 3.05) is 13.1 Å². The molecule has 0 aromatic rings. The number of nitrogens with one attached hydrogen (secondary N) is 2. The Morgan fingerprint density at radius 1 is 1.15 bits per heavy atom. The Kier molecular flexibility index (Phi) is 2.39. The first kappa shape index (κ1) is 8.42. The first-order valence-electron chi connectivity index (χ1n) is 4.91. The van der Waals surface area contributed by atoms with Gasteiger partial charge in [-0.15, -0.1) is 0 Å². The molecule has 0 saturated carbocycles. The van der Waals surface area contributed by atoms with E-state index in [0.717, 1.165) is 25.9 Å². The fourth-order valence-corrected chi connectivity index (χ4v) is 1.71. The lowest BCUT2D eigenvalue weighted by Crippen LogP contribution is -2.35. The summed E-state index contributed by atoms with van der Waals surface area (Å²) >= 11 is 0. The van der Waals surface area contributed by atoms with E-state index in [0.29, 0.717) is 0 Å². The minimum atomic E-state index is 1.03. The molecular weight excluding hydrogens is 160 g/mol. The van der Waals surface area contributed by atoms with E-state index in [4.69, 9.17) is 0 Å². The summed E-state index contributed by atoms with van der Waals surface area (Å²) in [5.74, 6) is 0. The second-order valence-corrected chi connectivity index (χ2v) is 3.62. The maximum atomic E-state index is 3.45. The van der Waals surface area contributed by atoms with Gasteiger partial charge in [-0.25, -0.2) is 0 Å². The minimum Gasteiger partial charge on any atom is -0.385 e. The summed E-state index contributed by atoms with van der Waals surface area (Å²) in [6, 6.07) is 0. The molecule has 0 unspecified atom stereocenters. The molecule has 0 aromatic heterocycles. The fraction of sp³-hybridized carbons (Fsp3) is 0.455. The maximum Gasteiger partial charge on any atom is 0.0533 e. The van der Waals surface area contributed by atoms with E-state index < -0.39 is 0 Å². The van der Waals surface area contributed by atoms with Crippen molar-refractivity contribution in [3.63, 3.8) is 0 Å². The lowest BCUT2D eigenvalue weighted by atomic mass is 10.0. The van der Waals surface area contributed by atoms with Crippen LogP contribution >= 0.6 is 0 Å². The maximum absolute atomic E-state index is 3.45. The van der Waals surface area contributed by atoms with Gasteiger partial charge in [0.05, 0.1) is 5.70 Å². The van der Waals surface area contributed by atoms with E-state index in [2.05, 4.69) is 35.8 Å². The van der Waals surface area contributed by atoms with Gasteiger partial charge < -0.3 is 10.6 Å². The molecule has 0 aromatic carbocycles. The Morgan fingerprint density at radius 2 is 2.00 bits per heavy atom. The van der Waals surface area contributed by atoms with Gasteiger partial charge >= 0.3 is 0 Å². The monoisotopic (exact) mass is 176 g/mol. The Bertz CT molecular complexity index is 284. The molecule has 70 valence electrons. The van der Waals surface area contributed by atoms with Crippen molar-refractivity contribution in [2.24, 2.45) is 0 Å². The number of hydrogen-bond donors (Lipinski definition) is 2. The SMILES string of the molecule is C/C1=C\C=C/C2=C(CC1)NCCN2. The van der Waals surface area contributed by atoms with E-state index >= 15 is 0 Å². The molecule has 0 bridgehead atoms. The quantitative estimate of drug-likeness (QED) is 0.587. The van der Waals surface area contributed by atoms with Crippen LogP contribution in [0, 0.1) is 0 Å². The highest BCUT2D eigenvalue weighted by Gasteiger charge is 2.09. The van der Waals surface area contributed by atoms with Gasteiger partial charge in [0, 0.05) is 18.8 Å². The van der Waals surface area contributed by atoms with Crippen LogP contribution in [0.5, 0.6) is 0 Å². The van der Waals surface area contributed by atoms with Gasteiger partial charge in [0.2, 0.25) is 0 Å². The second kappa shape index (κ2) is 3.69. The van der Waals surface area contributed by atoms with Crippen LogP contribution in [-0.4, -0.2) is 13.1 Å². The third-order valence-corrected chi connectivity index (χ3v) is 2.52. The molecule has 2 heteroatoms. The van der Waals surface area contributed by atoms with Gasteiger partial charge in [0.1, 0.15) is 0 Å². The van der Waals surface area contributed by atoms with Gasteiger partial charge in [-0.2, -0.15) is 0 Å². The van der Waals surface area contributed by atoms with Crippen molar-refractivity contribution in [1.82, 2.24) is 10.6 Å². The van der Waals surface area contributed by atoms with Crippen LogP contribution in [0.1, 0.15) is 19.8 Å². The van der Waals surface area contributed by atoms with Crippen LogP contribution in [0.3, 0.4) is 0 Å². The summed E-state index contributed by atoms with van der Waals surface area (Å²) in [6.07, 6.45) is 8.78. The highest BCUT2D eigenvalue weighted by molar-refractivity contribution is 5.30. The third kappa shape index (κ3) is 1.94. The first-order valence-corrected chi connectivity index (χ1v) is 4.91. The van der Waals surface area contributed by atoms with E-state index in [9.17, 15) is 0 Å². The minimum absolute atomic E-state index is 1.03. The summed E-state index contributed by atoms with van der Waals surface area (Å²) in [7, 11) is 0. The molecule has 13 heavy (non-hydrogen) atoms. The van der Waals surface area contributed by atoms with Crippen molar-refractivity contribution in [3.8, 4) is 0 Å².